The molecule has 0 aromatic carbocycles. The van der Waals surface area contributed by atoms with Crippen molar-refractivity contribution < 1.29 is 14.7 Å². The number of hydroxylamine groups is 1. The fraction of sp³-hybridized carbons (Fsp3) is 0.875. The molecule has 0 bridgehead atoms. The normalized spacial score (nSPS) is 28.7. The van der Waals surface area contributed by atoms with E-state index in [-0.39, 0.29) is 18.8 Å². The van der Waals surface area contributed by atoms with Crippen LogP contribution in [0.25, 0.3) is 0 Å². The molecule has 13 heavy (non-hydrogen) atoms. The minimum Gasteiger partial charge on any atom is -0.391 e. The van der Waals surface area contributed by atoms with E-state index < -0.39 is 5.91 Å². The largest absolute Gasteiger partial charge is 0.391 e. The van der Waals surface area contributed by atoms with Gasteiger partial charge in [-0.1, -0.05) is 12.8 Å². The highest BCUT2D eigenvalue weighted by molar-refractivity contribution is 5.74. The second kappa shape index (κ2) is 5.16. The fourth-order valence-electron chi connectivity index (χ4n) is 1.47. The maximum atomic E-state index is 10.3. The molecule has 5 nitrogen and oxygen atoms in total. The Morgan fingerprint density at radius 2 is 2.23 bits per heavy atom. The molecule has 76 valence electrons. The number of aliphatic hydroxyl groups is 1. The lowest BCUT2D eigenvalue weighted by atomic mass is 9.93. The molecule has 1 aliphatic rings. The van der Waals surface area contributed by atoms with Crippen LogP contribution >= 0.6 is 0 Å². The predicted molar refractivity (Wildman–Crippen MR) is 46.5 cm³/mol. The minimum absolute atomic E-state index is 0.0619. The second-order valence-corrected chi connectivity index (χ2v) is 3.33. The van der Waals surface area contributed by atoms with E-state index >= 15 is 0 Å². The molecule has 0 radical (unpaired) electrons. The lowest BCUT2D eigenvalue weighted by Gasteiger charge is -2.27. The summed E-state index contributed by atoms with van der Waals surface area (Å²) in [7, 11) is 0. The van der Waals surface area contributed by atoms with E-state index in [1.807, 2.05) is 0 Å². The average molecular weight is 188 g/mol. The first-order valence-corrected chi connectivity index (χ1v) is 4.54. The molecule has 1 fully saturated rings. The van der Waals surface area contributed by atoms with Gasteiger partial charge in [-0.25, -0.2) is 0 Å². The fourth-order valence-corrected chi connectivity index (χ4v) is 1.47. The highest BCUT2D eigenvalue weighted by atomic mass is 16.6. The molecule has 4 N–H and O–H groups in total. The van der Waals surface area contributed by atoms with E-state index in [9.17, 15) is 9.90 Å². The van der Waals surface area contributed by atoms with Gasteiger partial charge in [-0.05, 0) is 12.8 Å². The zero-order valence-corrected chi connectivity index (χ0v) is 7.53. The SMILES string of the molecule is NC(=O)CONC1CCCCC1O. The number of rotatable bonds is 4. The van der Waals surface area contributed by atoms with E-state index in [1.54, 1.807) is 0 Å². The van der Waals surface area contributed by atoms with Crippen molar-refractivity contribution >= 4 is 5.91 Å². The maximum absolute atomic E-state index is 10.3. The van der Waals surface area contributed by atoms with Crippen molar-refractivity contribution in [2.24, 2.45) is 5.73 Å². The predicted octanol–water partition coefficient (Wildman–Crippen LogP) is -0.704. The molecule has 1 amide bonds. The van der Waals surface area contributed by atoms with Crippen LogP contribution in [0.1, 0.15) is 25.7 Å². The van der Waals surface area contributed by atoms with Gasteiger partial charge in [-0.3, -0.25) is 9.63 Å². The number of primary amides is 1. The van der Waals surface area contributed by atoms with Gasteiger partial charge in [0.2, 0.25) is 5.91 Å². The standard InChI is InChI=1S/C8H16N2O3/c9-8(12)5-13-10-6-3-1-2-4-7(6)11/h6-7,10-11H,1-5H2,(H2,9,12). The average Bonchev–Trinajstić information content (AvgIpc) is 2.08. The van der Waals surface area contributed by atoms with Crippen LogP contribution in [0, 0.1) is 0 Å². The molecule has 1 aliphatic carbocycles. The third-order valence-corrected chi connectivity index (χ3v) is 2.18. The van der Waals surface area contributed by atoms with Crippen LogP contribution in [0.3, 0.4) is 0 Å². The molecule has 5 heteroatoms. The number of aliphatic hydroxyl groups excluding tert-OH is 1. The quantitative estimate of drug-likeness (QED) is 0.509. The first-order valence-electron chi connectivity index (χ1n) is 4.54. The summed E-state index contributed by atoms with van der Waals surface area (Å²) < 4.78 is 0. The minimum atomic E-state index is -0.516. The molecule has 0 heterocycles. The summed E-state index contributed by atoms with van der Waals surface area (Å²) in [6.07, 6.45) is 3.42. The molecule has 0 aliphatic heterocycles. The summed E-state index contributed by atoms with van der Waals surface area (Å²) in [5.74, 6) is -0.516. The van der Waals surface area contributed by atoms with Crippen LogP contribution in [0.4, 0.5) is 0 Å². The third-order valence-electron chi connectivity index (χ3n) is 2.18. The Balaban J connectivity index is 2.15. The number of nitrogens with one attached hydrogen (secondary N) is 1. The van der Waals surface area contributed by atoms with Crippen LogP contribution in [0.2, 0.25) is 0 Å². The highest BCUT2D eigenvalue weighted by Crippen LogP contribution is 2.17. The van der Waals surface area contributed by atoms with Crippen molar-refractivity contribution in [3.05, 3.63) is 0 Å². The van der Waals surface area contributed by atoms with Crippen molar-refractivity contribution in [1.82, 2.24) is 5.48 Å². The lowest BCUT2D eigenvalue weighted by Crippen LogP contribution is -2.43. The Morgan fingerprint density at radius 3 is 2.85 bits per heavy atom. The molecular formula is C8H16N2O3. The summed E-state index contributed by atoms with van der Waals surface area (Å²) >= 11 is 0. The highest BCUT2D eigenvalue weighted by Gasteiger charge is 2.22. The van der Waals surface area contributed by atoms with Gasteiger partial charge < -0.3 is 10.8 Å². The third kappa shape index (κ3) is 3.71. The number of hydrogen-bond acceptors (Lipinski definition) is 4. The van der Waals surface area contributed by atoms with E-state index in [0.29, 0.717) is 0 Å². The second-order valence-electron chi connectivity index (χ2n) is 3.33. The van der Waals surface area contributed by atoms with Crippen LogP contribution in [-0.2, 0) is 9.63 Å². The number of amides is 1. The van der Waals surface area contributed by atoms with Gasteiger partial charge in [-0.15, -0.1) is 0 Å². The number of carbonyl (C=O) groups is 1. The van der Waals surface area contributed by atoms with Gasteiger partial charge in [0, 0.05) is 0 Å². The molecule has 0 aromatic rings. The molecule has 0 saturated heterocycles. The Labute approximate surface area is 77.2 Å². The first kappa shape index (κ1) is 10.4. The van der Waals surface area contributed by atoms with Crippen LogP contribution in [0.15, 0.2) is 0 Å². The smallest absolute Gasteiger partial charge is 0.245 e. The number of hydrogen-bond donors (Lipinski definition) is 3. The molecule has 0 aromatic heterocycles. The lowest BCUT2D eigenvalue weighted by molar-refractivity contribution is -0.127. The number of carbonyl (C=O) groups excluding carboxylic acids is 1. The Hall–Kier alpha value is -0.650. The van der Waals surface area contributed by atoms with Gasteiger partial charge in [-0.2, -0.15) is 5.48 Å². The Bertz CT molecular complexity index is 175. The summed E-state index contributed by atoms with van der Waals surface area (Å²) in [4.78, 5) is 15.1. The van der Waals surface area contributed by atoms with Gasteiger partial charge in [0.1, 0.15) is 6.61 Å². The van der Waals surface area contributed by atoms with Crippen molar-refractivity contribution in [3.8, 4) is 0 Å². The van der Waals surface area contributed by atoms with E-state index in [4.69, 9.17) is 10.6 Å². The van der Waals surface area contributed by atoms with E-state index in [0.717, 1.165) is 25.7 Å². The van der Waals surface area contributed by atoms with Gasteiger partial charge in [0.05, 0.1) is 12.1 Å². The number of nitrogens with two attached hydrogens (primary N) is 1. The maximum Gasteiger partial charge on any atom is 0.245 e. The molecular weight excluding hydrogens is 172 g/mol. The Morgan fingerprint density at radius 1 is 1.54 bits per heavy atom. The Kier molecular flexibility index (Phi) is 4.14. The summed E-state index contributed by atoms with van der Waals surface area (Å²) in [6, 6.07) is -0.0619. The van der Waals surface area contributed by atoms with Crippen LogP contribution in [-0.4, -0.2) is 29.8 Å². The van der Waals surface area contributed by atoms with Crippen molar-refractivity contribution in [2.45, 2.75) is 37.8 Å². The molecule has 1 rings (SSSR count). The van der Waals surface area contributed by atoms with Crippen LogP contribution in [0.5, 0.6) is 0 Å². The molecule has 0 spiro atoms. The molecule has 2 atom stereocenters. The van der Waals surface area contributed by atoms with E-state index in [1.165, 1.54) is 0 Å². The molecule has 2 unspecified atom stereocenters. The summed E-state index contributed by atoms with van der Waals surface area (Å²) in [6.45, 7) is -0.150. The summed E-state index contributed by atoms with van der Waals surface area (Å²) in [5.41, 5.74) is 7.53. The zero-order chi connectivity index (χ0) is 9.68. The van der Waals surface area contributed by atoms with Crippen molar-refractivity contribution in [2.75, 3.05) is 6.61 Å². The monoisotopic (exact) mass is 188 g/mol. The van der Waals surface area contributed by atoms with E-state index in [2.05, 4.69) is 5.48 Å². The topological polar surface area (TPSA) is 84.6 Å². The molecule has 1 saturated carbocycles. The van der Waals surface area contributed by atoms with Gasteiger partial charge >= 0.3 is 0 Å². The van der Waals surface area contributed by atoms with Gasteiger partial charge in [0.25, 0.3) is 0 Å². The van der Waals surface area contributed by atoms with Gasteiger partial charge in [0.15, 0.2) is 0 Å². The van der Waals surface area contributed by atoms with Crippen LogP contribution < -0.4 is 11.2 Å². The van der Waals surface area contributed by atoms with Crippen molar-refractivity contribution in [1.29, 1.82) is 0 Å². The first-order chi connectivity index (χ1) is 6.20. The van der Waals surface area contributed by atoms with Crippen molar-refractivity contribution in [3.63, 3.8) is 0 Å². The zero-order valence-electron chi connectivity index (χ0n) is 7.53. The summed E-state index contributed by atoms with van der Waals surface area (Å²) in [5, 5.41) is 9.48.